The number of carbonyl (C=O) groups is 1. The average molecular weight is 691 g/mol. The van der Waals surface area contributed by atoms with Gasteiger partial charge in [0.05, 0.1) is 31.0 Å². The molecule has 3 aromatic carbocycles. The molecule has 260 valence electrons. The second-order valence-corrected chi connectivity index (χ2v) is 12.9. The summed E-state index contributed by atoms with van der Waals surface area (Å²) in [6, 6.07) is 22.6. The quantitative estimate of drug-likeness (QED) is 0.196. The molecule has 2 aliphatic heterocycles. The van der Waals surface area contributed by atoms with E-state index >= 15 is 4.39 Å². The Hall–Kier alpha value is -5.87. The summed E-state index contributed by atoms with van der Waals surface area (Å²) >= 11 is 0. The first kappa shape index (κ1) is 33.6. The van der Waals surface area contributed by atoms with Crippen LogP contribution in [0, 0.1) is 35.8 Å². The van der Waals surface area contributed by atoms with Crippen LogP contribution in [0.15, 0.2) is 91.6 Å². The maximum Gasteiger partial charge on any atom is 0.256 e. The maximum atomic E-state index is 15.1. The monoisotopic (exact) mass is 690 g/mol. The zero-order valence-corrected chi connectivity index (χ0v) is 28.0. The Morgan fingerprint density at radius 3 is 2.61 bits per heavy atom. The van der Waals surface area contributed by atoms with Gasteiger partial charge in [0.2, 0.25) is 0 Å². The van der Waals surface area contributed by atoms with E-state index in [2.05, 4.69) is 42.3 Å². The smallest absolute Gasteiger partial charge is 0.256 e. The molecule has 13 heteroatoms. The molecule has 0 unspecified atom stereocenters. The van der Waals surface area contributed by atoms with E-state index in [9.17, 15) is 14.4 Å². The minimum atomic E-state index is -1.05. The molecular formula is C38H36F2N8O3. The minimum absolute atomic E-state index is 0.0532. The first-order valence-corrected chi connectivity index (χ1v) is 16.7. The number of piperazine rings is 1. The van der Waals surface area contributed by atoms with E-state index in [1.807, 2.05) is 25.1 Å². The summed E-state index contributed by atoms with van der Waals surface area (Å²) in [6.07, 6.45) is 4.91. The summed E-state index contributed by atoms with van der Waals surface area (Å²) in [7, 11) is 0. The lowest BCUT2D eigenvalue weighted by Crippen LogP contribution is -2.46. The molecule has 5 aromatic rings. The van der Waals surface area contributed by atoms with Crippen LogP contribution in [-0.2, 0) is 16.9 Å². The summed E-state index contributed by atoms with van der Waals surface area (Å²) < 4.78 is 43.1. The van der Waals surface area contributed by atoms with Gasteiger partial charge < -0.3 is 24.6 Å². The van der Waals surface area contributed by atoms with Crippen molar-refractivity contribution in [1.29, 1.82) is 5.26 Å². The molecule has 2 atom stereocenters. The Morgan fingerprint density at radius 2 is 1.86 bits per heavy atom. The number of nitriles is 1. The van der Waals surface area contributed by atoms with E-state index in [0.717, 1.165) is 23.0 Å². The first-order chi connectivity index (χ1) is 24.8. The van der Waals surface area contributed by atoms with Crippen molar-refractivity contribution >= 4 is 23.1 Å². The predicted octanol–water partition coefficient (Wildman–Crippen LogP) is 5.72. The van der Waals surface area contributed by atoms with Crippen molar-refractivity contribution in [3.63, 3.8) is 0 Å². The van der Waals surface area contributed by atoms with Crippen LogP contribution in [-0.4, -0.2) is 65.0 Å². The Labute approximate surface area is 294 Å². The van der Waals surface area contributed by atoms with Gasteiger partial charge >= 0.3 is 0 Å². The number of halogens is 2. The molecule has 4 heterocycles. The zero-order chi connectivity index (χ0) is 35.4. The Bertz CT molecular complexity index is 2050. The number of aryl methyl sites for hydroxylation is 1. The van der Waals surface area contributed by atoms with Crippen LogP contribution in [0.4, 0.5) is 26.0 Å². The summed E-state index contributed by atoms with van der Waals surface area (Å²) in [5, 5.41) is 16.8. The van der Waals surface area contributed by atoms with Crippen LogP contribution in [0.2, 0.25) is 0 Å². The number of aromatic nitrogens is 4. The zero-order valence-electron chi connectivity index (χ0n) is 28.0. The molecule has 0 aliphatic carbocycles. The maximum absolute atomic E-state index is 15.1. The number of benzene rings is 3. The number of hydrogen-bond acceptors (Lipinski definition) is 9. The van der Waals surface area contributed by atoms with E-state index in [1.54, 1.807) is 41.3 Å². The summed E-state index contributed by atoms with van der Waals surface area (Å²) in [6.45, 7) is 5.64. The number of ether oxygens (including phenoxy) is 2. The number of hydrogen-bond donors (Lipinski definition) is 1. The van der Waals surface area contributed by atoms with E-state index in [0.29, 0.717) is 68.5 Å². The lowest BCUT2D eigenvalue weighted by molar-refractivity contribution is -0.0206. The van der Waals surface area contributed by atoms with E-state index in [-0.39, 0.29) is 23.9 Å². The molecule has 51 heavy (non-hydrogen) atoms. The average Bonchev–Trinajstić information content (AvgIpc) is 3.81. The van der Waals surface area contributed by atoms with Crippen molar-refractivity contribution in [2.75, 3.05) is 54.5 Å². The molecule has 2 aliphatic rings. The fourth-order valence-electron chi connectivity index (χ4n) is 6.84. The van der Waals surface area contributed by atoms with Gasteiger partial charge in [-0.05, 0) is 49.2 Å². The second-order valence-electron chi connectivity index (χ2n) is 12.9. The van der Waals surface area contributed by atoms with Crippen LogP contribution < -0.4 is 19.9 Å². The van der Waals surface area contributed by atoms with Crippen molar-refractivity contribution in [2.45, 2.75) is 25.5 Å². The Balaban J connectivity index is 0.997. The second kappa shape index (κ2) is 14.5. The molecule has 1 amide bonds. The van der Waals surface area contributed by atoms with Gasteiger partial charge in [0.25, 0.3) is 5.91 Å². The lowest BCUT2D eigenvalue weighted by atomic mass is 9.87. The van der Waals surface area contributed by atoms with E-state index in [4.69, 9.17) is 9.47 Å². The Kier molecular flexibility index (Phi) is 9.59. The van der Waals surface area contributed by atoms with Crippen LogP contribution >= 0.6 is 0 Å². The number of anilines is 3. The molecule has 0 bridgehead atoms. The number of nitrogens with one attached hydrogen (secondary N) is 1. The van der Waals surface area contributed by atoms with E-state index in [1.165, 1.54) is 24.7 Å². The van der Waals surface area contributed by atoms with Crippen molar-refractivity contribution in [3.05, 3.63) is 126 Å². The first-order valence-electron chi connectivity index (χ1n) is 16.7. The molecule has 0 spiro atoms. The van der Waals surface area contributed by atoms with Gasteiger partial charge in [-0.25, -0.2) is 23.4 Å². The molecule has 2 saturated heterocycles. The molecular weight excluding hydrogens is 654 g/mol. The van der Waals surface area contributed by atoms with Gasteiger partial charge in [-0.15, -0.1) is 0 Å². The van der Waals surface area contributed by atoms with Gasteiger partial charge in [-0.2, -0.15) is 10.4 Å². The third-order valence-electron chi connectivity index (χ3n) is 9.31. The molecule has 7 rings (SSSR count). The van der Waals surface area contributed by atoms with E-state index < -0.39 is 17.2 Å². The highest BCUT2D eigenvalue weighted by atomic mass is 19.1. The van der Waals surface area contributed by atoms with Crippen molar-refractivity contribution < 1.29 is 23.0 Å². The normalized spacial score (nSPS) is 18.7. The largest absolute Gasteiger partial charge is 0.493 e. The van der Waals surface area contributed by atoms with Gasteiger partial charge in [0, 0.05) is 73.3 Å². The highest BCUT2D eigenvalue weighted by Gasteiger charge is 2.44. The topological polar surface area (TPSA) is 121 Å². The van der Waals surface area contributed by atoms with Crippen LogP contribution in [0.3, 0.4) is 0 Å². The molecule has 0 saturated carbocycles. The molecule has 0 radical (unpaired) electrons. The molecule has 1 N–H and O–H groups in total. The van der Waals surface area contributed by atoms with Crippen molar-refractivity contribution in [2.24, 2.45) is 5.92 Å². The van der Waals surface area contributed by atoms with Gasteiger partial charge in [-0.1, -0.05) is 24.3 Å². The SMILES string of the molecule is Cc1cc(OC[C@@H]2CO[C@@](Cn3cncn3)(c3ccc(F)cc3F)C2)cc(N2CCN(c3cc(NC(=O)c4ccccc4)ncc3C#N)CC2)c1. The third kappa shape index (κ3) is 7.51. The Morgan fingerprint density at radius 1 is 1.06 bits per heavy atom. The van der Waals surface area contributed by atoms with Crippen molar-refractivity contribution in [1.82, 2.24) is 19.7 Å². The standard InChI is InChI=1S/C38H36F2N8O3/c1-26-13-31(46-9-11-47(12-10-46)35-17-36(43-20-29(35)19-41)45-37(49)28-5-3-2-4-6-28)16-32(14-26)50-21-27-18-38(51-22-27,23-48-25-42-24-44-48)33-8-7-30(39)15-34(33)40/h2-8,13-17,20,24-25,27H,9-12,18,21-23H2,1H3,(H,43,45,49)/t27-,38+/m1/s1. The van der Waals surface area contributed by atoms with Crippen LogP contribution in [0.25, 0.3) is 0 Å². The van der Waals surface area contributed by atoms with Crippen LogP contribution in [0.5, 0.6) is 5.75 Å². The van der Waals surface area contributed by atoms with Gasteiger partial charge in [0.15, 0.2) is 0 Å². The minimum Gasteiger partial charge on any atom is -0.493 e. The van der Waals surface area contributed by atoms with Gasteiger partial charge in [0.1, 0.15) is 47.5 Å². The highest BCUT2D eigenvalue weighted by molar-refractivity contribution is 6.04. The van der Waals surface area contributed by atoms with Crippen LogP contribution in [0.1, 0.15) is 33.5 Å². The summed E-state index contributed by atoms with van der Waals surface area (Å²) in [5.74, 6) is -0.537. The lowest BCUT2D eigenvalue weighted by Gasteiger charge is -2.38. The highest BCUT2D eigenvalue weighted by Crippen LogP contribution is 2.42. The number of carbonyl (C=O) groups excluding carboxylic acids is 1. The molecule has 11 nitrogen and oxygen atoms in total. The van der Waals surface area contributed by atoms with Crippen molar-refractivity contribution in [3.8, 4) is 11.8 Å². The fraction of sp³-hybridized carbons (Fsp3) is 0.289. The predicted molar refractivity (Wildman–Crippen MR) is 187 cm³/mol. The van der Waals surface area contributed by atoms with Gasteiger partial charge in [-0.3, -0.25) is 4.79 Å². The number of amides is 1. The number of pyridine rings is 1. The fourth-order valence-corrected chi connectivity index (χ4v) is 6.84. The molecule has 2 aromatic heterocycles. The summed E-state index contributed by atoms with van der Waals surface area (Å²) in [4.78, 5) is 25.4. The number of nitrogens with zero attached hydrogens (tertiary/aromatic N) is 7. The molecule has 2 fully saturated rings. The third-order valence-corrected chi connectivity index (χ3v) is 9.31. The number of rotatable bonds is 10. The summed E-state index contributed by atoms with van der Waals surface area (Å²) in [5.41, 5.74) is 2.98.